The predicted octanol–water partition coefficient (Wildman–Crippen LogP) is 3.24. The summed E-state index contributed by atoms with van der Waals surface area (Å²) < 4.78 is 5.44. The van der Waals surface area contributed by atoms with Crippen LogP contribution in [0.15, 0.2) is 24.3 Å². The molecule has 1 atom stereocenters. The lowest BCUT2D eigenvalue weighted by Gasteiger charge is -2.37. The van der Waals surface area contributed by atoms with Crippen molar-refractivity contribution < 1.29 is 4.74 Å². The molecule has 0 radical (unpaired) electrons. The minimum atomic E-state index is 0.593. The molecule has 100 valence electrons. The maximum Gasteiger partial charge on any atom is 0.0594 e. The van der Waals surface area contributed by atoms with Crippen molar-refractivity contribution in [2.75, 3.05) is 26.3 Å². The van der Waals surface area contributed by atoms with Crippen LogP contribution in [0.3, 0.4) is 0 Å². The molecule has 0 bridgehead atoms. The molecule has 0 aliphatic carbocycles. The molecule has 0 saturated carbocycles. The van der Waals surface area contributed by atoms with Gasteiger partial charge in [-0.3, -0.25) is 4.90 Å². The third-order valence-corrected chi connectivity index (χ3v) is 3.89. The van der Waals surface area contributed by atoms with Gasteiger partial charge in [-0.05, 0) is 30.0 Å². The zero-order valence-electron chi connectivity index (χ0n) is 11.2. The lowest BCUT2D eigenvalue weighted by atomic mass is 9.94. The molecule has 1 heterocycles. The third kappa shape index (κ3) is 3.71. The summed E-state index contributed by atoms with van der Waals surface area (Å²) in [5, 5.41) is 0.811. The first-order valence-corrected chi connectivity index (χ1v) is 7.11. The minimum Gasteiger partial charge on any atom is -0.379 e. The fraction of sp³-hybridized carbons (Fsp3) is 0.600. The summed E-state index contributed by atoms with van der Waals surface area (Å²) in [6.07, 6.45) is 1.09. The molecule has 1 aromatic carbocycles. The maximum atomic E-state index is 5.93. The van der Waals surface area contributed by atoms with Crippen LogP contribution in [0.5, 0.6) is 0 Å². The number of morpholine rings is 1. The Morgan fingerprint density at radius 3 is 2.33 bits per heavy atom. The maximum absolute atomic E-state index is 5.93. The average Bonchev–Trinajstić information content (AvgIpc) is 2.38. The molecule has 0 N–H and O–H groups in total. The van der Waals surface area contributed by atoms with Gasteiger partial charge in [-0.15, -0.1) is 0 Å². The summed E-state index contributed by atoms with van der Waals surface area (Å²) in [5.74, 6) is 0.652. The molecule has 1 unspecified atom stereocenters. The number of benzene rings is 1. The Hall–Kier alpha value is -0.570. The van der Waals surface area contributed by atoms with Crippen LogP contribution in [0.4, 0.5) is 0 Å². The van der Waals surface area contributed by atoms with Gasteiger partial charge in [0, 0.05) is 24.2 Å². The van der Waals surface area contributed by atoms with E-state index in [1.807, 2.05) is 12.1 Å². The smallest absolute Gasteiger partial charge is 0.0594 e. The zero-order valence-corrected chi connectivity index (χ0v) is 12.0. The van der Waals surface area contributed by atoms with Crippen LogP contribution in [0.25, 0.3) is 0 Å². The van der Waals surface area contributed by atoms with E-state index in [0.29, 0.717) is 12.0 Å². The molecule has 18 heavy (non-hydrogen) atoms. The number of hydrogen-bond acceptors (Lipinski definition) is 2. The first kappa shape index (κ1) is 13.9. The van der Waals surface area contributed by atoms with E-state index in [1.165, 1.54) is 5.56 Å². The lowest BCUT2D eigenvalue weighted by Crippen LogP contribution is -2.46. The topological polar surface area (TPSA) is 12.5 Å². The van der Waals surface area contributed by atoms with Crippen molar-refractivity contribution in [2.24, 2.45) is 5.92 Å². The van der Waals surface area contributed by atoms with Gasteiger partial charge >= 0.3 is 0 Å². The summed E-state index contributed by atoms with van der Waals surface area (Å²) in [6.45, 7) is 8.44. The van der Waals surface area contributed by atoms with Crippen LogP contribution in [-0.4, -0.2) is 37.2 Å². The standard InChI is InChI=1S/C15H22ClNO/c1-12(2)15(17-7-9-18-10-8-17)11-13-3-5-14(16)6-4-13/h3-6,12,15H,7-11H2,1-2H3. The molecule has 0 spiro atoms. The van der Waals surface area contributed by atoms with Crippen LogP contribution in [0.1, 0.15) is 19.4 Å². The number of rotatable bonds is 4. The van der Waals surface area contributed by atoms with E-state index in [1.54, 1.807) is 0 Å². The molecule has 1 aliphatic rings. The number of ether oxygens (including phenoxy) is 1. The summed E-state index contributed by atoms with van der Waals surface area (Å²) in [6, 6.07) is 8.83. The summed E-state index contributed by atoms with van der Waals surface area (Å²) in [7, 11) is 0. The first-order valence-electron chi connectivity index (χ1n) is 6.73. The van der Waals surface area contributed by atoms with E-state index in [9.17, 15) is 0 Å². The van der Waals surface area contributed by atoms with Crippen molar-refractivity contribution in [2.45, 2.75) is 26.3 Å². The second kappa shape index (κ2) is 6.55. The molecule has 2 rings (SSSR count). The Labute approximate surface area is 115 Å². The van der Waals surface area contributed by atoms with Gasteiger partial charge in [0.1, 0.15) is 0 Å². The summed E-state index contributed by atoms with van der Waals surface area (Å²) in [5.41, 5.74) is 1.37. The Kier molecular flexibility index (Phi) is 5.04. The van der Waals surface area contributed by atoms with E-state index >= 15 is 0 Å². The summed E-state index contributed by atoms with van der Waals surface area (Å²) in [4.78, 5) is 2.56. The van der Waals surface area contributed by atoms with Gasteiger partial charge in [0.15, 0.2) is 0 Å². The Morgan fingerprint density at radius 2 is 1.78 bits per heavy atom. The molecular formula is C15H22ClNO. The quantitative estimate of drug-likeness (QED) is 0.830. The second-order valence-electron chi connectivity index (χ2n) is 5.29. The Morgan fingerprint density at radius 1 is 1.17 bits per heavy atom. The molecule has 1 saturated heterocycles. The highest BCUT2D eigenvalue weighted by Crippen LogP contribution is 2.19. The molecular weight excluding hydrogens is 246 g/mol. The molecule has 3 heteroatoms. The first-order chi connectivity index (χ1) is 8.66. The highest BCUT2D eigenvalue weighted by atomic mass is 35.5. The van der Waals surface area contributed by atoms with E-state index in [0.717, 1.165) is 37.7 Å². The van der Waals surface area contributed by atoms with Gasteiger partial charge < -0.3 is 4.74 Å². The highest BCUT2D eigenvalue weighted by Gasteiger charge is 2.23. The SMILES string of the molecule is CC(C)C(Cc1ccc(Cl)cc1)N1CCOCC1. The van der Waals surface area contributed by atoms with Gasteiger partial charge in [-0.1, -0.05) is 37.6 Å². The largest absolute Gasteiger partial charge is 0.379 e. The highest BCUT2D eigenvalue weighted by molar-refractivity contribution is 6.30. The molecule has 0 aromatic heterocycles. The lowest BCUT2D eigenvalue weighted by molar-refractivity contribution is 0.00641. The van der Waals surface area contributed by atoms with E-state index in [-0.39, 0.29) is 0 Å². The average molecular weight is 268 g/mol. The van der Waals surface area contributed by atoms with Gasteiger partial charge in [-0.25, -0.2) is 0 Å². The van der Waals surface area contributed by atoms with E-state index < -0.39 is 0 Å². The number of nitrogens with zero attached hydrogens (tertiary/aromatic N) is 1. The molecule has 1 fully saturated rings. The van der Waals surface area contributed by atoms with Crippen molar-refractivity contribution in [1.82, 2.24) is 4.90 Å². The minimum absolute atomic E-state index is 0.593. The van der Waals surface area contributed by atoms with Crippen molar-refractivity contribution in [3.8, 4) is 0 Å². The van der Waals surface area contributed by atoms with Crippen molar-refractivity contribution in [1.29, 1.82) is 0 Å². The molecule has 2 nitrogen and oxygen atoms in total. The van der Waals surface area contributed by atoms with Gasteiger partial charge in [0.2, 0.25) is 0 Å². The molecule has 0 amide bonds. The fourth-order valence-corrected chi connectivity index (χ4v) is 2.68. The van der Waals surface area contributed by atoms with Gasteiger partial charge in [0.25, 0.3) is 0 Å². The Bertz CT molecular complexity index is 357. The van der Waals surface area contributed by atoms with Gasteiger partial charge in [-0.2, -0.15) is 0 Å². The van der Waals surface area contributed by atoms with Crippen LogP contribution in [-0.2, 0) is 11.2 Å². The van der Waals surface area contributed by atoms with Crippen LogP contribution in [0, 0.1) is 5.92 Å². The number of hydrogen-bond donors (Lipinski definition) is 0. The Balaban J connectivity index is 2.03. The number of halogens is 1. The molecule has 1 aromatic rings. The third-order valence-electron chi connectivity index (χ3n) is 3.64. The second-order valence-corrected chi connectivity index (χ2v) is 5.73. The van der Waals surface area contributed by atoms with Crippen molar-refractivity contribution in [3.05, 3.63) is 34.9 Å². The van der Waals surface area contributed by atoms with E-state index in [2.05, 4.69) is 30.9 Å². The van der Waals surface area contributed by atoms with Crippen LogP contribution in [0.2, 0.25) is 5.02 Å². The van der Waals surface area contributed by atoms with Crippen molar-refractivity contribution in [3.63, 3.8) is 0 Å². The normalized spacial score (nSPS) is 19.1. The van der Waals surface area contributed by atoms with E-state index in [4.69, 9.17) is 16.3 Å². The van der Waals surface area contributed by atoms with Crippen molar-refractivity contribution >= 4 is 11.6 Å². The van der Waals surface area contributed by atoms with Crippen LogP contribution < -0.4 is 0 Å². The predicted molar refractivity (Wildman–Crippen MR) is 76.2 cm³/mol. The monoisotopic (exact) mass is 267 g/mol. The fourth-order valence-electron chi connectivity index (χ4n) is 2.56. The van der Waals surface area contributed by atoms with Crippen LogP contribution >= 0.6 is 11.6 Å². The summed E-state index contributed by atoms with van der Waals surface area (Å²) >= 11 is 5.93. The zero-order chi connectivity index (χ0) is 13.0. The molecule has 1 aliphatic heterocycles. The van der Waals surface area contributed by atoms with Gasteiger partial charge in [0.05, 0.1) is 13.2 Å².